The highest BCUT2D eigenvalue weighted by Crippen LogP contribution is 2.36. The minimum atomic E-state index is 0.0683. The molecule has 1 unspecified atom stereocenters. The van der Waals surface area contributed by atoms with Gasteiger partial charge in [0.15, 0.2) is 0 Å². The second kappa shape index (κ2) is 13.8. The summed E-state index contributed by atoms with van der Waals surface area (Å²) in [6.45, 7) is 4.08. The van der Waals surface area contributed by atoms with Crippen LogP contribution in [0.4, 0.5) is 0 Å². The Morgan fingerprint density at radius 2 is 1.59 bits per heavy atom. The van der Waals surface area contributed by atoms with E-state index >= 15 is 0 Å². The summed E-state index contributed by atoms with van der Waals surface area (Å²) in [6.07, 6.45) is 16.2. The van der Waals surface area contributed by atoms with E-state index in [9.17, 15) is 4.79 Å². The summed E-state index contributed by atoms with van der Waals surface area (Å²) in [4.78, 5) is 13.3. The maximum absolute atomic E-state index is 13.3. The van der Waals surface area contributed by atoms with Crippen molar-refractivity contribution < 1.29 is 4.79 Å². The van der Waals surface area contributed by atoms with Gasteiger partial charge in [-0.3, -0.25) is 4.79 Å². The van der Waals surface area contributed by atoms with Crippen molar-refractivity contribution in [3.05, 3.63) is 71.4 Å². The smallest absolute Gasteiger partial charge is 0.220 e. The number of fused-ring (bicyclic) bond motifs is 1. The van der Waals surface area contributed by atoms with Crippen molar-refractivity contribution >= 4 is 16.8 Å². The van der Waals surface area contributed by atoms with Crippen LogP contribution in [0.3, 0.4) is 0 Å². The van der Waals surface area contributed by atoms with Crippen LogP contribution in [0.5, 0.6) is 0 Å². The SMILES string of the molecule is CN.Cc1cccc(C(CC(=O)NCC2CCCCC2)c2cn(CC3CCCCC3)c3ccccc23)c1. The van der Waals surface area contributed by atoms with Crippen molar-refractivity contribution in [1.82, 2.24) is 9.88 Å². The molecule has 2 aliphatic rings. The third-order valence-corrected chi connectivity index (χ3v) is 8.52. The van der Waals surface area contributed by atoms with Crippen molar-refractivity contribution in [3.8, 4) is 0 Å². The average molecular weight is 502 g/mol. The van der Waals surface area contributed by atoms with Crippen LogP contribution in [0.15, 0.2) is 54.7 Å². The predicted octanol–water partition coefficient (Wildman–Crippen LogP) is 7.32. The summed E-state index contributed by atoms with van der Waals surface area (Å²) in [5, 5.41) is 4.61. The molecular formula is C33H47N3O. The zero-order chi connectivity index (χ0) is 26.0. The minimum Gasteiger partial charge on any atom is -0.356 e. The summed E-state index contributed by atoms with van der Waals surface area (Å²) in [7, 11) is 1.50. The summed E-state index contributed by atoms with van der Waals surface area (Å²) in [5.74, 6) is 1.68. The van der Waals surface area contributed by atoms with Crippen LogP contribution >= 0.6 is 0 Å². The molecule has 3 N–H and O–H groups in total. The zero-order valence-electron chi connectivity index (χ0n) is 23.1. The number of nitrogens with two attached hydrogens (primary N) is 1. The third kappa shape index (κ3) is 7.25. The average Bonchev–Trinajstić information content (AvgIpc) is 3.31. The number of nitrogens with zero attached hydrogens (tertiary/aromatic N) is 1. The molecule has 37 heavy (non-hydrogen) atoms. The highest BCUT2D eigenvalue weighted by molar-refractivity contribution is 5.86. The Labute approximate surface area is 224 Å². The van der Waals surface area contributed by atoms with Crippen LogP contribution in [0.2, 0.25) is 0 Å². The molecule has 5 rings (SSSR count). The molecule has 0 aliphatic heterocycles. The minimum absolute atomic E-state index is 0.0683. The molecule has 0 bridgehead atoms. The van der Waals surface area contributed by atoms with E-state index in [4.69, 9.17) is 0 Å². The number of carbonyl (C=O) groups is 1. The number of hydrogen-bond acceptors (Lipinski definition) is 2. The van der Waals surface area contributed by atoms with Crippen LogP contribution < -0.4 is 11.1 Å². The van der Waals surface area contributed by atoms with Crippen molar-refractivity contribution in [2.24, 2.45) is 17.6 Å². The lowest BCUT2D eigenvalue weighted by molar-refractivity contribution is -0.121. The molecule has 2 fully saturated rings. The first-order valence-corrected chi connectivity index (χ1v) is 14.7. The summed E-state index contributed by atoms with van der Waals surface area (Å²) < 4.78 is 2.49. The Balaban J connectivity index is 0.00000156. The molecule has 0 radical (unpaired) electrons. The van der Waals surface area contributed by atoms with Crippen LogP contribution in [0, 0.1) is 18.8 Å². The van der Waals surface area contributed by atoms with Crippen molar-refractivity contribution in [3.63, 3.8) is 0 Å². The predicted molar refractivity (Wildman–Crippen MR) is 156 cm³/mol. The van der Waals surface area contributed by atoms with E-state index in [1.807, 2.05) is 0 Å². The summed E-state index contributed by atoms with van der Waals surface area (Å²) in [6, 6.07) is 17.6. The molecule has 0 spiro atoms. The van der Waals surface area contributed by atoms with Gasteiger partial charge in [0.2, 0.25) is 5.91 Å². The normalized spacial score (nSPS) is 17.7. The second-order valence-electron chi connectivity index (χ2n) is 11.2. The number of amides is 1. The van der Waals surface area contributed by atoms with Gasteiger partial charge < -0.3 is 15.6 Å². The lowest BCUT2D eigenvalue weighted by atomic mass is 9.87. The van der Waals surface area contributed by atoms with Gasteiger partial charge in [-0.15, -0.1) is 0 Å². The first-order chi connectivity index (χ1) is 18.2. The van der Waals surface area contributed by atoms with Crippen LogP contribution in [0.1, 0.15) is 93.2 Å². The Hall–Kier alpha value is -2.59. The van der Waals surface area contributed by atoms with Gasteiger partial charge in [-0.2, -0.15) is 0 Å². The molecule has 2 saturated carbocycles. The number of benzene rings is 2. The van der Waals surface area contributed by atoms with E-state index in [0.29, 0.717) is 12.3 Å². The lowest BCUT2D eigenvalue weighted by Crippen LogP contribution is -2.31. The third-order valence-electron chi connectivity index (χ3n) is 8.52. The van der Waals surface area contributed by atoms with E-state index in [-0.39, 0.29) is 11.8 Å². The molecule has 200 valence electrons. The van der Waals surface area contributed by atoms with Gasteiger partial charge in [0.25, 0.3) is 0 Å². The first kappa shape index (κ1) is 27.4. The number of carbonyl (C=O) groups excluding carboxylic acids is 1. The maximum atomic E-state index is 13.3. The standard InChI is InChI=1S/C32H42N2O.CH5N/c1-24-11-10-16-27(19-24)29(20-32(35)33-21-25-12-4-2-5-13-25)30-23-34(22-26-14-6-3-7-15-26)31-18-9-8-17-28(30)31;1-2/h8-11,16-19,23,25-26,29H,2-7,12-15,20-22H2,1H3,(H,33,35);2H2,1H3. The second-order valence-corrected chi connectivity index (χ2v) is 11.2. The number of para-hydroxylation sites is 1. The first-order valence-electron chi connectivity index (χ1n) is 14.7. The molecule has 1 atom stereocenters. The van der Waals surface area contributed by atoms with Crippen molar-refractivity contribution in [1.29, 1.82) is 0 Å². The molecule has 1 aromatic heterocycles. The van der Waals surface area contributed by atoms with Gasteiger partial charge in [-0.05, 0) is 68.7 Å². The van der Waals surface area contributed by atoms with Crippen LogP contribution in [0.25, 0.3) is 10.9 Å². The highest BCUT2D eigenvalue weighted by atomic mass is 16.1. The molecule has 4 heteroatoms. The maximum Gasteiger partial charge on any atom is 0.220 e. The van der Waals surface area contributed by atoms with Gasteiger partial charge in [0.05, 0.1) is 0 Å². The topological polar surface area (TPSA) is 60.1 Å². The molecule has 1 heterocycles. The van der Waals surface area contributed by atoms with Crippen molar-refractivity contribution in [2.45, 2.75) is 90.0 Å². The van der Waals surface area contributed by atoms with E-state index in [1.54, 1.807) is 0 Å². The number of rotatable bonds is 8. The highest BCUT2D eigenvalue weighted by Gasteiger charge is 2.25. The van der Waals surface area contributed by atoms with Gasteiger partial charge in [0, 0.05) is 42.5 Å². The Kier molecular flexibility index (Phi) is 10.2. The largest absolute Gasteiger partial charge is 0.356 e. The van der Waals surface area contributed by atoms with Gasteiger partial charge in [-0.25, -0.2) is 0 Å². The van der Waals surface area contributed by atoms with E-state index in [1.165, 1.54) is 98.8 Å². The number of hydrogen-bond donors (Lipinski definition) is 2. The summed E-state index contributed by atoms with van der Waals surface area (Å²) >= 11 is 0. The number of aryl methyl sites for hydroxylation is 1. The number of nitrogens with one attached hydrogen (secondary N) is 1. The molecular weight excluding hydrogens is 454 g/mol. The molecule has 2 aliphatic carbocycles. The Morgan fingerprint density at radius 3 is 2.30 bits per heavy atom. The van der Waals surface area contributed by atoms with Gasteiger partial charge >= 0.3 is 0 Å². The molecule has 1 amide bonds. The Bertz CT molecular complexity index is 1120. The number of aromatic nitrogens is 1. The van der Waals surface area contributed by atoms with E-state index in [2.05, 4.69) is 77.3 Å². The monoisotopic (exact) mass is 501 g/mol. The molecule has 2 aromatic carbocycles. The molecule has 0 saturated heterocycles. The van der Waals surface area contributed by atoms with Crippen LogP contribution in [-0.4, -0.2) is 24.1 Å². The lowest BCUT2D eigenvalue weighted by Gasteiger charge is -2.23. The van der Waals surface area contributed by atoms with Crippen molar-refractivity contribution in [2.75, 3.05) is 13.6 Å². The zero-order valence-corrected chi connectivity index (χ0v) is 23.1. The van der Waals surface area contributed by atoms with Gasteiger partial charge in [0.1, 0.15) is 0 Å². The van der Waals surface area contributed by atoms with Gasteiger partial charge in [-0.1, -0.05) is 86.6 Å². The Morgan fingerprint density at radius 1 is 0.919 bits per heavy atom. The fourth-order valence-electron chi connectivity index (χ4n) is 6.55. The van der Waals surface area contributed by atoms with Crippen LogP contribution in [-0.2, 0) is 11.3 Å². The van der Waals surface area contributed by atoms with E-state index < -0.39 is 0 Å². The molecule has 4 nitrogen and oxygen atoms in total. The molecule has 3 aromatic rings. The fourth-order valence-corrected chi connectivity index (χ4v) is 6.55. The van der Waals surface area contributed by atoms with E-state index in [0.717, 1.165) is 19.0 Å². The summed E-state index contributed by atoms with van der Waals surface area (Å²) in [5.41, 5.74) is 9.61. The quantitative estimate of drug-likeness (QED) is 0.340. The fraction of sp³-hybridized carbons (Fsp3) is 0.545.